The molecule has 162 valence electrons. The van der Waals surface area contributed by atoms with E-state index in [4.69, 9.17) is 16.3 Å². The van der Waals surface area contributed by atoms with Crippen LogP contribution in [0, 0.1) is 0 Å². The summed E-state index contributed by atoms with van der Waals surface area (Å²) in [6.45, 7) is 4.24. The van der Waals surface area contributed by atoms with E-state index in [-0.39, 0.29) is 29.8 Å². The highest BCUT2D eigenvalue weighted by atomic mass is 35.5. The number of thioether (sulfide) groups is 1. The molecule has 2 heterocycles. The van der Waals surface area contributed by atoms with Gasteiger partial charge in [0.25, 0.3) is 0 Å². The maximum atomic E-state index is 12.3. The molecule has 30 heavy (non-hydrogen) atoms. The molecule has 8 nitrogen and oxygen atoms in total. The lowest BCUT2D eigenvalue weighted by Crippen LogP contribution is -2.13. The molecule has 1 N–H and O–H groups in total. The molecule has 1 aliphatic rings. The average molecular weight is 471 g/mol. The van der Waals surface area contributed by atoms with Gasteiger partial charge in [-0.2, -0.15) is 0 Å². The maximum Gasteiger partial charge on any atom is 0.225 e. The van der Waals surface area contributed by atoms with E-state index in [9.17, 15) is 13.2 Å². The summed E-state index contributed by atoms with van der Waals surface area (Å²) in [6, 6.07) is 5.01. The third-order valence-corrected chi connectivity index (χ3v) is 7.62. The lowest BCUT2D eigenvalue weighted by molar-refractivity contribution is -0.115. The maximum absolute atomic E-state index is 12.3. The number of rotatable bonds is 9. The monoisotopic (exact) mass is 470 g/mol. The molecule has 1 atom stereocenters. The number of hydrogen-bond acceptors (Lipinski definition) is 7. The number of nitrogens with one attached hydrogen (secondary N) is 1. The summed E-state index contributed by atoms with van der Waals surface area (Å²) >= 11 is 7.38. The number of carbonyl (C=O) groups excluding carboxylic acids is 1. The molecule has 1 amide bonds. The Morgan fingerprint density at radius 2 is 2.27 bits per heavy atom. The Morgan fingerprint density at radius 1 is 1.47 bits per heavy atom. The van der Waals surface area contributed by atoms with E-state index in [1.807, 2.05) is 4.57 Å². The number of methoxy groups -OCH3 is 1. The number of sulfone groups is 1. The number of anilines is 1. The highest BCUT2D eigenvalue weighted by Crippen LogP contribution is 2.31. The molecule has 1 unspecified atom stereocenters. The van der Waals surface area contributed by atoms with Gasteiger partial charge >= 0.3 is 0 Å². The smallest absolute Gasteiger partial charge is 0.225 e. The van der Waals surface area contributed by atoms with Gasteiger partial charge in [0.1, 0.15) is 11.6 Å². The average Bonchev–Trinajstić information content (AvgIpc) is 3.25. The van der Waals surface area contributed by atoms with Crippen LogP contribution in [0.2, 0.25) is 5.02 Å². The van der Waals surface area contributed by atoms with Crippen molar-refractivity contribution in [2.45, 2.75) is 30.5 Å². The number of allylic oxidation sites excluding steroid dienone is 1. The fourth-order valence-corrected chi connectivity index (χ4v) is 6.04. The summed E-state index contributed by atoms with van der Waals surface area (Å²) in [5.41, 5.74) is 0.513. The second kappa shape index (κ2) is 9.84. The largest absolute Gasteiger partial charge is 0.495 e. The van der Waals surface area contributed by atoms with E-state index in [1.54, 1.807) is 24.3 Å². The molecule has 1 aromatic carbocycles. The van der Waals surface area contributed by atoms with Crippen LogP contribution in [0.15, 0.2) is 36.0 Å². The zero-order valence-corrected chi connectivity index (χ0v) is 18.9. The lowest BCUT2D eigenvalue weighted by Gasteiger charge is -2.12. The molecule has 0 aliphatic carbocycles. The van der Waals surface area contributed by atoms with Crippen molar-refractivity contribution in [3.05, 3.63) is 41.7 Å². The van der Waals surface area contributed by atoms with Crippen molar-refractivity contribution in [1.29, 1.82) is 0 Å². The van der Waals surface area contributed by atoms with Crippen LogP contribution >= 0.6 is 23.4 Å². The molecule has 11 heteroatoms. The summed E-state index contributed by atoms with van der Waals surface area (Å²) in [5, 5.41) is 12.4. The van der Waals surface area contributed by atoms with Gasteiger partial charge in [0.05, 0.1) is 24.3 Å². The van der Waals surface area contributed by atoms with Crippen molar-refractivity contribution in [2.24, 2.45) is 0 Å². The van der Waals surface area contributed by atoms with E-state index in [1.165, 1.54) is 18.9 Å². The van der Waals surface area contributed by atoms with Gasteiger partial charge in [-0.05, 0) is 24.6 Å². The Balaban J connectivity index is 1.61. The second-order valence-corrected chi connectivity index (χ2v) is 10.6. The molecule has 0 radical (unpaired) electrons. The number of ether oxygens (including phenoxy) is 1. The summed E-state index contributed by atoms with van der Waals surface area (Å²) < 4.78 is 30.7. The van der Waals surface area contributed by atoms with Crippen molar-refractivity contribution in [3.63, 3.8) is 0 Å². The number of carbonyl (C=O) groups is 1. The fraction of sp³-hybridized carbons (Fsp3) is 0.421. The van der Waals surface area contributed by atoms with Crippen LogP contribution in [0.25, 0.3) is 0 Å². The first-order chi connectivity index (χ1) is 14.3. The minimum atomic E-state index is -3.02. The number of benzene rings is 1. The van der Waals surface area contributed by atoms with E-state index >= 15 is 0 Å². The summed E-state index contributed by atoms with van der Waals surface area (Å²) in [4.78, 5) is 12.3. The molecule has 0 spiro atoms. The first-order valence-corrected chi connectivity index (χ1v) is 12.5. The number of nitrogens with zero attached hydrogens (tertiary/aromatic N) is 3. The predicted octanol–water partition coefficient (Wildman–Crippen LogP) is 3.15. The standard InChI is InChI=1S/C19H23ClN4O4S2/c1-3-8-24-18(13-7-10-30(26,27)12-13)22-23-19(24)29-9-6-17(25)21-15-11-14(20)4-5-16(15)28-2/h3-5,11,13H,1,6-10,12H2,2H3,(H,21,25). The normalized spacial score (nSPS) is 17.6. The Bertz CT molecular complexity index is 1040. The molecule has 0 bridgehead atoms. The molecule has 2 aromatic rings. The van der Waals surface area contributed by atoms with Gasteiger partial charge in [0.2, 0.25) is 5.91 Å². The van der Waals surface area contributed by atoms with E-state index in [0.717, 1.165) is 0 Å². The van der Waals surface area contributed by atoms with Crippen LogP contribution in [0.1, 0.15) is 24.6 Å². The second-order valence-electron chi connectivity index (χ2n) is 6.83. The van der Waals surface area contributed by atoms with Crippen molar-refractivity contribution < 1.29 is 17.9 Å². The van der Waals surface area contributed by atoms with Gasteiger partial charge in [0, 0.05) is 29.7 Å². The van der Waals surface area contributed by atoms with Gasteiger partial charge < -0.3 is 14.6 Å². The quantitative estimate of drug-likeness (QED) is 0.443. The Labute approximate surface area is 185 Å². The molecule has 1 fully saturated rings. The van der Waals surface area contributed by atoms with Crippen LogP contribution in [-0.4, -0.2) is 53.5 Å². The zero-order valence-electron chi connectivity index (χ0n) is 16.5. The fourth-order valence-electron chi connectivity index (χ4n) is 3.23. The van der Waals surface area contributed by atoms with E-state index in [2.05, 4.69) is 22.1 Å². The molecular formula is C19H23ClN4O4S2. The SMILES string of the molecule is C=CCn1c(SCCC(=O)Nc2cc(Cl)ccc2OC)nnc1C1CCS(=O)(=O)C1. The van der Waals surface area contributed by atoms with E-state index < -0.39 is 9.84 Å². The Morgan fingerprint density at radius 3 is 2.93 bits per heavy atom. The molecule has 1 saturated heterocycles. The molecule has 1 aliphatic heterocycles. The first-order valence-electron chi connectivity index (χ1n) is 9.33. The van der Waals surface area contributed by atoms with Crippen molar-refractivity contribution in [1.82, 2.24) is 14.8 Å². The molecule has 0 saturated carbocycles. The van der Waals surface area contributed by atoms with Crippen molar-refractivity contribution >= 4 is 44.8 Å². The minimum absolute atomic E-state index is 0.0941. The highest BCUT2D eigenvalue weighted by molar-refractivity contribution is 7.99. The van der Waals surface area contributed by atoms with Crippen LogP contribution in [0.4, 0.5) is 5.69 Å². The van der Waals surface area contributed by atoms with Gasteiger partial charge in [0.15, 0.2) is 15.0 Å². The topological polar surface area (TPSA) is 103 Å². The first kappa shape index (κ1) is 22.6. The Kier molecular flexibility index (Phi) is 7.43. The Hall–Kier alpha value is -2.04. The predicted molar refractivity (Wildman–Crippen MR) is 118 cm³/mol. The molecule has 1 aromatic heterocycles. The van der Waals surface area contributed by atoms with Gasteiger partial charge in [-0.1, -0.05) is 29.4 Å². The summed E-state index contributed by atoms with van der Waals surface area (Å²) in [7, 11) is -1.50. The van der Waals surface area contributed by atoms with Crippen LogP contribution in [-0.2, 0) is 21.2 Å². The zero-order chi connectivity index (χ0) is 21.7. The van der Waals surface area contributed by atoms with E-state index in [0.29, 0.717) is 46.2 Å². The number of hydrogen-bond donors (Lipinski definition) is 1. The summed E-state index contributed by atoms with van der Waals surface area (Å²) in [5.74, 6) is 1.60. The minimum Gasteiger partial charge on any atom is -0.495 e. The van der Waals surface area contributed by atoms with Crippen LogP contribution in [0.5, 0.6) is 5.75 Å². The van der Waals surface area contributed by atoms with Gasteiger partial charge in [-0.25, -0.2) is 8.42 Å². The van der Waals surface area contributed by atoms with Crippen LogP contribution < -0.4 is 10.1 Å². The third-order valence-electron chi connectivity index (χ3n) is 4.65. The van der Waals surface area contributed by atoms with Crippen molar-refractivity contribution in [2.75, 3.05) is 29.7 Å². The molecular weight excluding hydrogens is 448 g/mol. The number of aromatic nitrogens is 3. The molecule has 3 rings (SSSR count). The van der Waals surface area contributed by atoms with Crippen LogP contribution in [0.3, 0.4) is 0 Å². The van der Waals surface area contributed by atoms with Gasteiger partial charge in [-0.3, -0.25) is 4.79 Å². The highest BCUT2D eigenvalue weighted by Gasteiger charge is 2.33. The number of halogens is 1. The third kappa shape index (κ3) is 5.55. The summed E-state index contributed by atoms with van der Waals surface area (Å²) in [6.07, 6.45) is 2.51. The van der Waals surface area contributed by atoms with Crippen molar-refractivity contribution in [3.8, 4) is 5.75 Å². The lowest BCUT2D eigenvalue weighted by atomic mass is 10.1. The number of amides is 1. The van der Waals surface area contributed by atoms with Gasteiger partial charge in [-0.15, -0.1) is 16.8 Å².